The number of carbonyl (C=O) groups is 2. The number of likely N-dealkylation sites (tertiary alicyclic amines) is 1. The molecule has 1 aromatic carbocycles. The van der Waals surface area contributed by atoms with Crippen molar-refractivity contribution in [1.29, 1.82) is 0 Å². The molecule has 0 radical (unpaired) electrons. The number of rotatable bonds is 7. The van der Waals surface area contributed by atoms with E-state index in [1.54, 1.807) is 29.2 Å². The maximum atomic E-state index is 12.2. The predicted octanol–water partition coefficient (Wildman–Crippen LogP) is -1.02. The van der Waals surface area contributed by atoms with E-state index in [1.165, 1.54) is 0 Å². The number of hydrogen-bond acceptors (Lipinski definition) is 2. The summed E-state index contributed by atoms with van der Waals surface area (Å²) in [6, 6.07) is 7.25. The molecule has 1 aliphatic heterocycles. The van der Waals surface area contributed by atoms with Crippen LogP contribution in [-0.4, -0.2) is 57.6 Å². The van der Waals surface area contributed by atoms with Gasteiger partial charge in [-0.05, 0) is 31.2 Å². The minimum atomic E-state index is -0.118. The summed E-state index contributed by atoms with van der Waals surface area (Å²) in [4.78, 5) is 26.7. The van der Waals surface area contributed by atoms with Gasteiger partial charge in [0.2, 0.25) is 0 Å². The lowest BCUT2D eigenvalue weighted by molar-refractivity contribution is -0.903. The molecule has 25 heavy (non-hydrogen) atoms. The molecule has 0 saturated carbocycles. The molecule has 1 aliphatic rings. The molecule has 0 spiro atoms. The van der Waals surface area contributed by atoms with E-state index in [9.17, 15) is 9.59 Å². The van der Waals surface area contributed by atoms with Crippen molar-refractivity contribution in [1.82, 2.24) is 5.32 Å². The molecule has 1 heterocycles. The van der Waals surface area contributed by atoms with Gasteiger partial charge < -0.3 is 20.4 Å². The number of carbonyl (C=O) groups excluding carboxylic acids is 2. The Labute approximate surface area is 154 Å². The topological polar surface area (TPSA) is 67.1 Å². The lowest BCUT2D eigenvalue weighted by Gasteiger charge is -2.29. The highest BCUT2D eigenvalue weighted by Gasteiger charge is 2.23. The van der Waals surface area contributed by atoms with Crippen LogP contribution in [-0.2, 0) is 9.59 Å². The quantitative estimate of drug-likeness (QED) is 0.497. The van der Waals surface area contributed by atoms with Gasteiger partial charge in [0.25, 0.3) is 11.8 Å². The van der Waals surface area contributed by atoms with Crippen molar-refractivity contribution in [3.8, 4) is 0 Å². The molecular formula is C18H29ClN4O2+2. The maximum Gasteiger partial charge on any atom is 0.279 e. The van der Waals surface area contributed by atoms with Gasteiger partial charge in [0.15, 0.2) is 13.1 Å². The Morgan fingerprint density at radius 3 is 2.36 bits per heavy atom. The van der Waals surface area contributed by atoms with E-state index in [4.69, 9.17) is 11.6 Å². The van der Waals surface area contributed by atoms with Crippen LogP contribution in [0.25, 0.3) is 0 Å². The van der Waals surface area contributed by atoms with Gasteiger partial charge in [0.1, 0.15) is 0 Å². The third-order valence-corrected chi connectivity index (χ3v) is 4.86. The van der Waals surface area contributed by atoms with Crippen molar-refractivity contribution >= 4 is 29.1 Å². The molecule has 0 aliphatic carbocycles. The number of piperidine rings is 1. The second-order valence-electron chi connectivity index (χ2n) is 6.81. The number of amides is 2. The first-order valence-corrected chi connectivity index (χ1v) is 9.33. The normalized spacial score (nSPS) is 21.4. The average Bonchev–Trinajstić information content (AvgIpc) is 2.57. The summed E-state index contributed by atoms with van der Waals surface area (Å²) < 4.78 is 0. The second-order valence-corrected chi connectivity index (χ2v) is 7.25. The Morgan fingerprint density at radius 1 is 1.16 bits per heavy atom. The van der Waals surface area contributed by atoms with Crippen LogP contribution >= 0.6 is 11.6 Å². The van der Waals surface area contributed by atoms with Crippen molar-refractivity contribution in [3.05, 3.63) is 29.3 Å². The SMILES string of the molecule is CC[NH+]1CCC(NC(=O)C[NH+](C)CC(=O)Nc2ccc(Cl)cc2)CC1. The fraction of sp³-hybridized carbons (Fsp3) is 0.556. The first-order valence-electron chi connectivity index (χ1n) is 8.96. The summed E-state index contributed by atoms with van der Waals surface area (Å²) in [6.45, 7) is 6.13. The monoisotopic (exact) mass is 368 g/mol. The van der Waals surface area contributed by atoms with E-state index in [2.05, 4.69) is 17.6 Å². The summed E-state index contributed by atoms with van der Waals surface area (Å²) in [5.41, 5.74) is 0.705. The van der Waals surface area contributed by atoms with E-state index in [-0.39, 0.29) is 24.4 Å². The van der Waals surface area contributed by atoms with Crippen molar-refractivity contribution in [2.45, 2.75) is 25.8 Å². The molecule has 7 heteroatoms. The van der Waals surface area contributed by atoms with Crippen LogP contribution in [0.2, 0.25) is 5.02 Å². The summed E-state index contributed by atoms with van der Waals surface area (Å²) in [5, 5.41) is 6.55. The molecule has 1 saturated heterocycles. The van der Waals surface area contributed by atoms with Gasteiger partial charge in [0.05, 0.1) is 26.7 Å². The number of hydrogen-bond donors (Lipinski definition) is 4. The number of anilines is 1. The number of quaternary nitrogens is 2. The van der Waals surface area contributed by atoms with Crippen LogP contribution in [0.15, 0.2) is 24.3 Å². The van der Waals surface area contributed by atoms with Gasteiger partial charge in [-0.1, -0.05) is 11.6 Å². The average molecular weight is 369 g/mol. The minimum absolute atomic E-state index is 0.0155. The van der Waals surface area contributed by atoms with Crippen LogP contribution in [0.3, 0.4) is 0 Å². The van der Waals surface area contributed by atoms with Crippen molar-refractivity contribution < 1.29 is 19.4 Å². The third kappa shape index (κ3) is 7.02. The molecule has 2 rings (SSSR count). The molecule has 0 bridgehead atoms. The number of nitrogens with one attached hydrogen (secondary N) is 4. The molecule has 138 valence electrons. The highest BCUT2D eigenvalue weighted by atomic mass is 35.5. The van der Waals surface area contributed by atoms with E-state index < -0.39 is 0 Å². The first kappa shape index (κ1) is 19.7. The summed E-state index contributed by atoms with van der Waals surface area (Å²) in [7, 11) is 1.85. The van der Waals surface area contributed by atoms with Gasteiger partial charge in [-0.2, -0.15) is 0 Å². The summed E-state index contributed by atoms with van der Waals surface area (Å²) in [6.07, 6.45) is 2.07. The van der Waals surface area contributed by atoms with Crippen LogP contribution in [0.5, 0.6) is 0 Å². The molecular weight excluding hydrogens is 340 g/mol. The highest BCUT2D eigenvalue weighted by Crippen LogP contribution is 2.12. The van der Waals surface area contributed by atoms with Crippen LogP contribution in [0, 0.1) is 0 Å². The van der Waals surface area contributed by atoms with E-state index in [0.717, 1.165) is 37.4 Å². The molecule has 4 N–H and O–H groups in total. The van der Waals surface area contributed by atoms with Gasteiger partial charge in [0, 0.05) is 29.6 Å². The first-order chi connectivity index (χ1) is 12.0. The molecule has 1 unspecified atom stereocenters. The molecule has 0 aromatic heterocycles. The van der Waals surface area contributed by atoms with Crippen LogP contribution in [0.4, 0.5) is 5.69 Å². The van der Waals surface area contributed by atoms with Crippen molar-refractivity contribution in [2.24, 2.45) is 0 Å². The van der Waals surface area contributed by atoms with E-state index in [0.29, 0.717) is 17.3 Å². The lowest BCUT2D eigenvalue weighted by atomic mass is 10.1. The molecule has 1 atom stereocenters. The Bertz CT molecular complexity index is 571. The second kappa shape index (κ2) is 9.75. The van der Waals surface area contributed by atoms with Gasteiger partial charge in [-0.25, -0.2) is 0 Å². The number of halogens is 1. The Balaban J connectivity index is 1.68. The summed E-state index contributed by atoms with van der Waals surface area (Å²) in [5.74, 6) is -0.103. The third-order valence-electron chi connectivity index (χ3n) is 4.61. The van der Waals surface area contributed by atoms with Gasteiger partial charge in [-0.15, -0.1) is 0 Å². The largest absolute Gasteiger partial charge is 0.348 e. The number of likely N-dealkylation sites (N-methyl/N-ethyl adjacent to an activating group) is 1. The van der Waals surface area contributed by atoms with E-state index in [1.807, 2.05) is 7.05 Å². The fourth-order valence-electron chi connectivity index (χ4n) is 3.15. The molecule has 1 fully saturated rings. The minimum Gasteiger partial charge on any atom is -0.348 e. The Morgan fingerprint density at radius 2 is 1.76 bits per heavy atom. The van der Waals surface area contributed by atoms with Crippen molar-refractivity contribution in [3.63, 3.8) is 0 Å². The summed E-state index contributed by atoms with van der Waals surface area (Å²) >= 11 is 5.82. The zero-order chi connectivity index (χ0) is 18.2. The standard InChI is InChI=1S/C18H27ClN4O2/c1-3-23-10-8-16(9-11-23)21-18(25)13-22(2)12-17(24)20-15-6-4-14(19)5-7-15/h4-7,16H,3,8-13H2,1-2H3,(H,20,24)(H,21,25)/p+2. The smallest absolute Gasteiger partial charge is 0.279 e. The van der Waals surface area contributed by atoms with Crippen molar-refractivity contribution in [2.75, 3.05) is 45.1 Å². The van der Waals surface area contributed by atoms with Crippen LogP contribution in [0.1, 0.15) is 19.8 Å². The van der Waals surface area contributed by atoms with E-state index >= 15 is 0 Å². The fourth-order valence-corrected chi connectivity index (χ4v) is 3.28. The zero-order valence-corrected chi connectivity index (χ0v) is 15.8. The number of benzene rings is 1. The van der Waals surface area contributed by atoms with Crippen LogP contribution < -0.4 is 20.4 Å². The Hall–Kier alpha value is -1.63. The maximum absolute atomic E-state index is 12.2. The van der Waals surface area contributed by atoms with Gasteiger partial charge >= 0.3 is 0 Å². The molecule has 2 amide bonds. The Kier molecular flexibility index (Phi) is 7.68. The highest BCUT2D eigenvalue weighted by molar-refractivity contribution is 6.30. The lowest BCUT2D eigenvalue weighted by Crippen LogP contribution is -3.13. The molecule has 6 nitrogen and oxygen atoms in total. The van der Waals surface area contributed by atoms with Gasteiger partial charge in [-0.3, -0.25) is 9.59 Å². The predicted molar refractivity (Wildman–Crippen MR) is 99.1 cm³/mol. The zero-order valence-electron chi connectivity index (χ0n) is 15.0. The molecule has 1 aromatic rings.